The van der Waals surface area contributed by atoms with E-state index < -0.39 is 0 Å². The molecular weight excluding hydrogens is 236 g/mol. The third-order valence-corrected chi connectivity index (χ3v) is 5.74. The number of rotatable bonds is 7. The second-order valence-corrected chi connectivity index (χ2v) is 7.63. The third kappa shape index (κ3) is 2.57. The summed E-state index contributed by atoms with van der Waals surface area (Å²) < 4.78 is 5.84. The van der Waals surface area contributed by atoms with Crippen LogP contribution in [-0.2, 0) is 4.74 Å². The highest BCUT2D eigenvalue weighted by atomic mass is 16.5. The van der Waals surface area contributed by atoms with E-state index in [0.717, 1.165) is 31.5 Å². The van der Waals surface area contributed by atoms with Gasteiger partial charge in [0.2, 0.25) is 0 Å². The second kappa shape index (κ2) is 4.71. The van der Waals surface area contributed by atoms with Crippen molar-refractivity contribution < 1.29 is 4.74 Å². The lowest BCUT2D eigenvalue weighted by Crippen LogP contribution is -2.73. The van der Waals surface area contributed by atoms with Crippen molar-refractivity contribution >= 4 is 0 Å². The molecular formula is C16H30N2O. The fourth-order valence-corrected chi connectivity index (χ4v) is 3.55. The summed E-state index contributed by atoms with van der Waals surface area (Å²) in [7, 11) is 0. The smallest absolute Gasteiger partial charge is 0.0662 e. The van der Waals surface area contributed by atoms with Crippen LogP contribution in [-0.4, -0.2) is 42.3 Å². The Kier molecular flexibility index (Phi) is 3.43. The summed E-state index contributed by atoms with van der Waals surface area (Å²) in [6, 6.07) is 0.836. The first kappa shape index (κ1) is 13.8. The highest BCUT2D eigenvalue weighted by Crippen LogP contribution is 2.51. The Balaban J connectivity index is 1.60. The van der Waals surface area contributed by atoms with Gasteiger partial charge in [-0.25, -0.2) is 0 Å². The zero-order chi connectivity index (χ0) is 13.7. The summed E-state index contributed by atoms with van der Waals surface area (Å²) in [5, 5.41) is 0. The molecule has 0 heterocycles. The number of ether oxygens (including phenoxy) is 1. The van der Waals surface area contributed by atoms with Crippen LogP contribution in [0, 0.1) is 11.3 Å². The number of nitrogens with two attached hydrogens (primary N) is 1. The lowest BCUT2D eigenvalue weighted by molar-refractivity contribution is -0.157. The molecule has 2 N–H and O–H groups in total. The molecule has 3 nitrogen and oxygen atoms in total. The summed E-state index contributed by atoms with van der Waals surface area (Å²) >= 11 is 0. The molecule has 3 rings (SSSR count). The number of hydrogen-bond acceptors (Lipinski definition) is 3. The van der Waals surface area contributed by atoms with Crippen molar-refractivity contribution in [3.8, 4) is 0 Å². The van der Waals surface area contributed by atoms with Crippen LogP contribution < -0.4 is 5.73 Å². The van der Waals surface area contributed by atoms with Gasteiger partial charge >= 0.3 is 0 Å². The molecule has 0 radical (unpaired) electrons. The fraction of sp³-hybridized carbons (Fsp3) is 1.00. The average molecular weight is 266 g/mol. The third-order valence-electron chi connectivity index (χ3n) is 5.74. The van der Waals surface area contributed by atoms with E-state index in [1.54, 1.807) is 0 Å². The molecule has 0 aromatic carbocycles. The van der Waals surface area contributed by atoms with Crippen LogP contribution in [0.25, 0.3) is 0 Å². The lowest BCUT2D eigenvalue weighted by atomic mass is 9.54. The van der Waals surface area contributed by atoms with Gasteiger partial charge in [0.25, 0.3) is 0 Å². The van der Waals surface area contributed by atoms with Gasteiger partial charge < -0.3 is 10.5 Å². The number of hydrogen-bond donors (Lipinski definition) is 1. The van der Waals surface area contributed by atoms with E-state index in [2.05, 4.69) is 25.7 Å². The fourth-order valence-electron chi connectivity index (χ4n) is 3.55. The van der Waals surface area contributed by atoms with Crippen LogP contribution >= 0.6 is 0 Å². The van der Waals surface area contributed by atoms with Gasteiger partial charge in [0.1, 0.15) is 0 Å². The van der Waals surface area contributed by atoms with Crippen molar-refractivity contribution in [2.24, 2.45) is 17.1 Å². The molecule has 3 saturated carbocycles. The zero-order valence-electron chi connectivity index (χ0n) is 12.8. The van der Waals surface area contributed by atoms with Gasteiger partial charge in [-0.2, -0.15) is 0 Å². The first-order chi connectivity index (χ1) is 8.96. The van der Waals surface area contributed by atoms with E-state index in [1.807, 2.05) is 0 Å². The molecule has 0 aromatic rings. The summed E-state index contributed by atoms with van der Waals surface area (Å²) in [5.74, 6) is 0.968. The molecule has 110 valence electrons. The Morgan fingerprint density at radius 1 is 1.21 bits per heavy atom. The van der Waals surface area contributed by atoms with Crippen molar-refractivity contribution in [1.82, 2.24) is 4.90 Å². The van der Waals surface area contributed by atoms with Gasteiger partial charge in [0, 0.05) is 36.7 Å². The summed E-state index contributed by atoms with van der Waals surface area (Å²) in [5.41, 5.74) is 6.80. The van der Waals surface area contributed by atoms with Crippen LogP contribution in [0.5, 0.6) is 0 Å². The maximum atomic E-state index is 6.74. The first-order valence-electron chi connectivity index (χ1n) is 8.11. The largest absolute Gasteiger partial charge is 0.378 e. The van der Waals surface area contributed by atoms with Crippen molar-refractivity contribution in [3.63, 3.8) is 0 Å². The van der Waals surface area contributed by atoms with E-state index in [0.29, 0.717) is 6.10 Å². The topological polar surface area (TPSA) is 38.5 Å². The van der Waals surface area contributed by atoms with Crippen LogP contribution in [0.4, 0.5) is 0 Å². The first-order valence-corrected chi connectivity index (χ1v) is 8.11. The van der Waals surface area contributed by atoms with Crippen LogP contribution in [0.2, 0.25) is 0 Å². The molecule has 2 atom stereocenters. The Bertz CT molecular complexity index is 336. The Labute approximate surface area is 117 Å². The van der Waals surface area contributed by atoms with Crippen LogP contribution in [0.1, 0.15) is 52.9 Å². The SMILES string of the molecule is CCOC1CC(N)(CN(CC2CC2)C2CC2)C1(C)C. The maximum Gasteiger partial charge on any atom is 0.0662 e. The predicted octanol–water partition coefficient (Wildman–Crippen LogP) is 2.39. The van der Waals surface area contributed by atoms with Crippen molar-refractivity contribution in [3.05, 3.63) is 0 Å². The molecule has 2 unspecified atom stereocenters. The quantitative estimate of drug-likeness (QED) is 0.769. The minimum Gasteiger partial charge on any atom is -0.378 e. The summed E-state index contributed by atoms with van der Waals surface area (Å²) in [6.07, 6.45) is 7.03. The lowest BCUT2D eigenvalue weighted by Gasteiger charge is -2.60. The van der Waals surface area contributed by atoms with Crippen molar-refractivity contribution in [1.29, 1.82) is 0 Å². The normalized spacial score (nSPS) is 37.4. The molecule has 3 aliphatic carbocycles. The monoisotopic (exact) mass is 266 g/mol. The predicted molar refractivity (Wildman–Crippen MR) is 78.0 cm³/mol. The molecule has 0 saturated heterocycles. The van der Waals surface area contributed by atoms with Crippen molar-refractivity contribution in [2.75, 3.05) is 19.7 Å². The van der Waals surface area contributed by atoms with Gasteiger partial charge in [-0.3, -0.25) is 4.90 Å². The Morgan fingerprint density at radius 3 is 2.37 bits per heavy atom. The molecule has 19 heavy (non-hydrogen) atoms. The van der Waals surface area contributed by atoms with E-state index in [1.165, 1.54) is 32.2 Å². The highest BCUT2D eigenvalue weighted by Gasteiger charge is 2.59. The molecule has 3 fully saturated rings. The van der Waals surface area contributed by atoms with Crippen LogP contribution in [0.3, 0.4) is 0 Å². The minimum absolute atomic E-state index is 0.0513. The minimum atomic E-state index is -0.0513. The van der Waals surface area contributed by atoms with Crippen LogP contribution in [0.15, 0.2) is 0 Å². The highest BCUT2D eigenvalue weighted by molar-refractivity contribution is 5.15. The Hall–Kier alpha value is -0.120. The van der Waals surface area contributed by atoms with E-state index >= 15 is 0 Å². The summed E-state index contributed by atoms with van der Waals surface area (Å²) in [4.78, 5) is 2.70. The molecule has 0 aromatic heterocycles. The molecule has 0 amide bonds. The number of nitrogens with zero attached hydrogens (tertiary/aromatic N) is 1. The van der Waals surface area contributed by atoms with Crippen molar-refractivity contribution in [2.45, 2.75) is 70.6 Å². The Morgan fingerprint density at radius 2 is 1.89 bits per heavy atom. The second-order valence-electron chi connectivity index (χ2n) is 7.63. The van der Waals surface area contributed by atoms with E-state index in [-0.39, 0.29) is 11.0 Å². The van der Waals surface area contributed by atoms with Gasteiger partial charge in [-0.15, -0.1) is 0 Å². The summed E-state index contributed by atoms with van der Waals surface area (Å²) in [6.45, 7) is 9.83. The molecule has 0 bridgehead atoms. The molecule has 3 heteroatoms. The van der Waals surface area contributed by atoms with Gasteiger partial charge in [0.15, 0.2) is 0 Å². The van der Waals surface area contributed by atoms with Gasteiger partial charge in [0.05, 0.1) is 6.10 Å². The van der Waals surface area contributed by atoms with E-state index in [4.69, 9.17) is 10.5 Å². The molecule has 0 spiro atoms. The average Bonchev–Trinajstić information content (AvgIpc) is 3.21. The standard InChI is InChI=1S/C16H30N2O/c1-4-19-14-9-16(17,15(14,2)3)11-18(13-7-8-13)10-12-5-6-12/h12-14H,4-11,17H2,1-3H3. The van der Waals surface area contributed by atoms with E-state index in [9.17, 15) is 0 Å². The van der Waals surface area contributed by atoms with Gasteiger partial charge in [-0.05, 0) is 44.9 Å². The zero-order valence-corrected chi connectivity index (χ0v) is 12.8. The van der Waals surface area contributed by atoms with Gasteiger partial charge in [-0.1, -0.05) is 13.8 Å². The maximum absolute atomic E-state index is 6.74. The molecule has 3 aliphatic rings. The molecule has 0 aliphatic heterocycles.